The van der Waals surface area contributed by atoms with Crippen LogP contribution in [0.4, 0.5) is 0 Å². The van der Waals surface area contributed by atoms with Crippen LogP contribution in [0.15, 0.2) is 0 Å². The van der Waals surface area contributed by atoms with Gasteiger partial charge in [-0.05, 0) is 24.2 Å². The molecule has 0 radical (unpaired) electrons. The normalized spacial score (nSPS) is 14.1. The highest BCUT2D eigenvalue weighted by atomic mass is 16.4. The van der Waals surface area contributed by atoms with Crippen LogP contribution in [0.25, 0.3) is 0 Å². The lowest BCUT2D eigenvalue weighted by Crippen LogP contribution is -2.45. The van der Waals surface area contributed by atoms with Gasteiger partial charge in [0.1, 0.15) is 6.04 Å². The third-order valence-corrected chi connectivity index (χ3v) is 2.74. The van der Waals surface area contributed by atoms with Gasteiger partial charge in [0.05, 0.1) is 0 Å². The van der Waals surface area contributed by atoms with E-state index in [-0.39, 0.29) is 17.9 Å². The second-order valence-electron chi connectivity index (χ2n) is 5.43. The second-order valence-corrected chi connectivity index (χ2v) is 5.43. The summed E-state index contributed by atoms with van der Waals surface area (Å²) < 4.78 is 0. The minimum absolute atomic E-state index is 0.0192. The van der Waals surface area contributed by atoms with E-state index in [1.165, 1.54) is 0 Å². The summed E-state index contributed by atoms with van der Waals surface area (Å²) in [5, 5.41) is 20.9. The lowest BCUT2D eigenvalue weighted by atomic mass is 9.87. The molecule has 0 aromatic rings. The van der Waals surface area contributed by atoms with Gasteiger partial charge in [-0.1, -0.05) is 27.7 Å². The Morgan fingerprint density at radius 3 is 2.31 bits per heavy atom. The van der Waals surface area contributed by atoms with Crippen molar-refractivity contribution in [2.45, 2.75) is 46.6 Å². The molecule has 0 aromatic carbocycles. The van der Waals surface area contributed by atoms with E-state index >= 15 is 0 Å². The lowest BCUT2D eigenvalue weighted by molar-refractivity contribution is -0.140. The van der Waals surface area contributed by atoms with Gasteiger partial charge in [-0.15, -0.1) is 0 Å². The summed E-state index contributed by atoms with van der Waals surface area (Å²) in [6, 6.07) is -0.492. The number of hydrogen-bond donors (Lipinski definition) is 3. The topological polar surface area (TPSA) is 69.6 Å². The van der Waals surface area contributed by atoms with Crippen LogP contribution in [0.1, 0.15) is 40.5 Å². The predicted molar refractivity (Wildman–Crippen MR) is 64.4 cm³/mol. The van der Waals surface area contributed by atoms with E-state index in [0.29, 0.717) is 6.54 Å². The fourth-order valence-corrected chi connectivity index (χ4v) is 1.64. The maximum Gasteiger partial charge on any atom is 0.320 e. The average molecular weight is 231 g/mol. The molecule has 0 saturated heterocycles. The SMILES string of the molecule is CC(C)C(NCC(C)(C)CCCO)C(=O)O. The fraction of sp³-hybridized carbons (Fsp3) is 0.917. The molecule has 96 valence electrons. The van der Waals surface area contributed by atoms with Crippen molar-refractivity contribution in [3.8, 4) is 0 Å². The Bertz CT molecular complexity index is 214. The summed E-state index contributed by atoms with van der Waals surface area (Å²) in [5.74, 6) is -0.723. The minimum Gasteiger partial charge on any atom is -0.480 e. The molecule has 0 bridgehead atoms. The van der Waals surface area contributed by atoms with Crippen molar-refractivity contribution in [3.63, 3.8) is 0 Å². The molecule has 0 spiro atoms. The molecular weight excluding hydrogens is 206 g/mol. The Labute approximate surface area is 98.1 Å². The van der Waals surface area contributed by atoms with Gasteiger partial charge in [0.2, 0.25) is 0 Å². The standard InChI is InChI=1S/C12H25NO3/c1-9(2)10(11(15)16)13-8-12(3,4)6-5-7-14/h9-10,13-14H,5-8H2,1-4H3,(H,15,16). The van der Waals surface area contributed by atoms with Gasteiger partial charge in [-0.3, -0.25) is 4.79 Å². The first-order chi connectivity index (χ1) is 7.30. The highest BCUT2D eigenvalue weighted by Crippen LogP contribution is 2.21. The molecule has 3 N–H and O–H groups in total. The van der Waals surface area contributed by atoms with Crippen LogP contribution in [0.5, 0.6) is 0 Å². The zero-order valence-electron chi connectivity index (χ0n) is 10.8. The summed E-state index contributed by atoms with van der Waals surface area (Å²) >= 11 is 0. The second kappa shape index (κ2) is 6.86. The predicted octanol–water partition coefficient (Wildman–Crippen LogP) is 1.48. The first-order valence-corrected chi connectivity index (χ1v) is 5.87. The molecular formula is C12H25NO3. The summed E-state index contributed by atoms with van der Waals surface area (Å²) in [7, 11) is 0. The van der Waals surface area contributed by atoms with Crippen molar-refractivity contribution in [2.24, 2.45) is 11.3 Å². The first-order valence-electron chi connectivity index (χ1n) is 5.87. The van der Waals surface area contributed by atoms with Gasteiger partial charge in [-0.25, -0.2) is 0 Å². The quantitative estimate of drug-likeness (QED) is 0.592. The zero-order chi connectivity index (χ0) is 12.8. The number of carboxylic acid groups (broad SMARTS) is 1. The van der Waals surface area contributed by atoms with Crippen molar-refractivity contribution < 1.29 is 15.0 Å². The van der Waals surface area contributed by atoms with Crippen molar-refractivity contribution in [1.82, 2.24) is 5.32 Å². The molecule has 0 aliphatic heterocycles. The molecule has 0 aliphatic carbocycles. The van der Waals surface area contributed by atoms with E-state index in [2.05, 4.69) is 19.2 Å². The van der Waals surface area contributed by atoms with Gasteiger partial charge < -0.3 is 15.5 Å². The average Bonchev–Trinajstić information content (AvgIpc) is 2.13. The van der Waals surface area contributed by atoms with Crippen LogP contribution in [-0.2, 0) is 4.79 Å². The number of aliphatic hydroxyl groups is 1. The molecule has 0 rings (SSSR count). The zero-order valence-corrected chi connectivity index (χ0v) is 10.8. The Hall–Kier alpha value is -0.610. The number of carboxylic acids is 1. The van der Waals surface area contributed by atoms with Crippen LogP contribution >= 0.6 is 0 Å². The fourth-order valence-electron chi connectivity index (χ4n) is 1.64. The van der Waals surface area contributed by atoms with Crippen molar-refractivity contribution in [2.75, 3.05) is 13.2 Å². The summed E-state index contributed by atoms with van der Waals surface area (Å²) in [6.45, 7) is 8.79. The monoisotopic (exact) mass is 231 g/mol. The van der Waals surface area contributed by atoms with Crippen molar-refractivity contribution in [3.05, 3.63) is 0 Å². The van der Waals surface area contributed by atoms with Crippen molar-refractivity contribution in [1.29, 1.82) is 0 Å². The molecule has 1 atom stereocenters. The van der Waals surface area contributed by atoms with E-state index in [1.807, 2.05) is 13.8 Å². The Balaban J connectivity index is 4.13. The summed E-state index contributed by atoms with van der Waals surface area (Å²) in [6.07, 6.45) is 1.65. The van der Waals surface area contributed by atoms with Gasteiger partial charge in [-0.2, -0.15) is 0 Å². The van der Waals surface area contributed by atoms with Gasteiger partial charge in [0.15, 0.2) is 0 Å². The number of aliphatic hydroxyl groups excluding tert-OH is 1. The van der Waals surface area contributed by atoms with E-state index in [1.54, 1.807) is 0 Å². The van der Waals surface area contributed by atoms with Crippen molar-refractivity contribution >= 4 is 5.97 Å². The molecule has 16 heavy (non-hydrogen) atoms. The number of nitrogens with one attached hydrogen (secondary N) is 1. The Morgan fingerprint density at radius 1 is 1.38 bits per heavy atom. The van der Waals surface area contributed by atoms with E-state index in [9.17, 15) is 4.79 Å². The van der Waals surface area contributed by atoms with Gasteiger partial charge in [0.25, 0.3) is 0 Å². The number of carbonyl (C=O) groups is 1. The van der Waals surface area contributed by atoms with Crippen LogP contribution in [0, 0.1) is 11.3 Å². The molecule has 0 heterocycles. The third kappa shape index (κ3) is 6.08. The highest BCUT2D eigenvalue weighted by molar-refractivity contribution is 5.73. The molecule has 0 saturated carbocycles. The third-order valence-electron chi connectivity index (χ3n) is 2.74. The summed E-state index contributed by atoms with van der Waals surface area (Å²) in [5.41, 5.74) is 0.0192. The molecule has 4 nitrogen and oxygen atoms in total. The molecule has 4 heteroatoms. The maximum atomic E-state index is 11.0. The molecule has 0 fully saturated rings. The molecule has 1 unspecified atom stereocenters. The highest BCUT2D eigenvalue weighted by Gasteiger charge is 2.24. The van der Waals surface area contributed by atoms with Crippen LogP contribution in [0.2, 0.25) is 0 Å². The number of rotatable bonds is 8. The minimum atomic E-state index is -0.798. The van der Waals surface area contributed by atoms with E-state index < -0.39 is 12.0 Å². The molecule has 0 aliphatic rings. The maximum absolute atomic E-state index is 11.0. The first kappa shape index (κ1) is 15.4. The molecule has 0 aromatic heterocycles. The Morgan fingerprint density at radius 2 is 1.94 bits per heavy atom. The molecule has 0 amide bonds. The lowest BCUT2D eigenvalue weighted by Gasteiger charge is -2.28. The number of aliphatic carboxylic acids is 1. The van der Waals surface area contributed by atoms with Gasteiger partial charge in [0, 0.05) is 13.2 Å². The van der Waals surface area contributed by atoms with E-state index in [0.717, 1.165) is 12.8 Å². The van der Waals surface area contributed by atoms with Gasteiger partial charge >= 0.3 is 5.97 Å². The largest absolute Gasteiger partial charge is 0.480 e. The van der Waals surface area contributed by atoms with Crippen LogP contribution in [0.3, 0.4) is 0 Å². The van der Waals surface area contributed by atoms with E-state index in [4.69, 9.17) is 10.2 Å². The Kier molecular flexibility index (Phi) is 6.60. The summed E-state index contributed by atoms with van der Waals surface area (Å²) in [4.78, 5) is 11.0. The smallest absolute Gasteiger partial charge is 0.320 e. The number of hydrogen-bond acceptors (Lipinski definition) is 3. The van der Waals surface area contributed by atoms with Crippen LogP contribution in [-0.4, -0.2) is 35.4 Å². The van der Waals surface area contributed by atoms with Crippen LogP contribution < -0.4 is 5.32 Å².